The summed E-state index contributed by atoms with van der Waals surface area (Å²) < 4.78 is 35.5. The number of nitriles is 1. The summed E-state index contributed by atoms with van der Waals surface area (Å²) in [7, 11) is 2.99. The molecule has 0 saturated carbocycles. The summed E-state index contributed by atoms with van der Waals surface area (Å²) in [6, 6.07) is 10.1. The summed E-state index contributed by atoms with van der Waals surface area (Å²) in [6.45, 7) is 3.65. The number of piperidine rings is 1. The minimum absolute atomic E-state index is 0.0495. The van der Waals surface area contributed by atoms with Crippen molar-refractivity contribution in [2.24, 2.45) is 13.0 Å². The van der Waals surface area contributed by atoms with Crippen LogP contribution in [0.4, 0.5) is 14.7 Å². The van der Waals surface area contributed by atoms with E-state index in [1.54, 1.807) is 25.2 Å². The first-order chi connectivity index (χ1) is 15.8. The van der Waals surface area contributed by atoms with Gasteiger partial charge in [0.25, 0.3) is 5.56 Å². The van der Waals surface area contributed by atoms with Gasteiger partial charge < -0.3 is 9.64 Å². The van der Waals surface area contributed by atoms with E-state index in [4.69, 9.17) is 15.0 Å². The molecule has 170 valence electrons. The first-order valence-electron chi connectivity index (χ1n) is 10.7. The molecule has 0 spiro atoms. The lowest BCUT2D eigenvalue weighted by Gasteiger charge is -2.33. The standard InChI is InChI=1S/C25H24F2N4O2/c1-15-5-4-10-31(14-15)25-29-23(17-6-7-18(13-28)19(26)12-17)22(24(32)30(25)2)16-8-9-21(33-3)20(27)11-16/h6-9,11-12,15H,4-5,10,14H2,1-3H3/t15-/m1/s1. The lowest BCUT2D eigenvalue weighted by molar-refractivity contribution is 0.386. The van der Waals surface area contributed by atoms with Crippen LogP contribution in [0.25, 0.3) is 22.4 Å². The van der Waals surface area contributed by atoms with Gasteiger partial charge in [-0.1, -0.05) is 19.1 Å². The van der Waals surface area contributed by atoms with Gasteiger partial charge >= 0.3 is 0 Å². The molecule has 2 heterocycles. The smallest absolute Gasteiger partial charge is 0.263 e. The maximum atomic E-state index is 14.5. The average molecular weight is 450 g/mol. The Labute approximate surface area is 190 Å². The fourth-order valence-electron chi connectivity index (χ4n) is 4.29. The van der Waals surface area contributed by atoms with Gasteiger partial charge in [-0.05, 0) is 48.6 Å². The van der Waals surface area contributed by atoms with Crippen LogP contribution < -0.4 is 15.2 Å². The van der Waals surface area contributed by atoms with Crippen LogP contribution in [0.1, 0.15) is 25.3 Å². The molecule has 3 aromatic rings. The van der Waals surface area contributed by atoms with Crippen molar-refractivity contribution < 1.29 is 13.5 Å². The summed E-state index contributed by atoms with van der Waals surface area (Å²) in [5.41, 5.74) is 0.546. The molecular formula is C25H24F2N4O2. The molecule has 1 aromatic heterocycles. The van der Waals surface area contributed by atoms with Crippen LogP contribution in [0.3, 0.4) is 0 Å². The van der Waals surface area contributed by atoms with Gasteiger partial charge in [0.2, 0.25) is 5.95 Å². The Kier molecular flexibility index (Phi) is 6.14. The highest BCUT2D eigenvalue weighted by Crippen LogP contribution is 2.33. The van der Waals surface area contributed by atoms with Crippen LogP contribution in [-0.4, -0.2) is 29.8 Å². The molecule has 1 aliphatic rings. The van der Waals surface area contributed by atoms with Gasteiger partial charge in [0.05, 0.1) is 23.9 Å². The summed E-state index contributed by atoms with van der Waals surface area (Å²) in [4.78, 5) is 20.4. The molecule has 1 fully saturated rings. The molecule has 4 rings (SSSR count). The highest BCUT2D eigenvalue weighted by atomic mass is 19.1. The van der Waals surface area contributed by atoms with Crippen LogP contribution in [0.2, 0.25) is 0 Å². The van der Waals surface area contributed by atoms with Gasteiger partial charge in [0.15, 0.2) is 11.6 Å². The van der Waals surface area contributed by atoms with Gasteiger partial charge in [-0.15, -0.1) is 0 Å². The van der Waals surface area contributed by atoms with Crippen LogP contribution in [-0.2, 0) is 7.05 Å². The largest absolute Gasteiger partial charge is 0.494 e. The van der Waals surface area contributed by atoms with Gasteiger partial charge in [-0.2, -0.15) is 5.26 Å². The lowest BCUT2D eigenvalue weighted by atomic mass is 9.98. The predicted octanol–water partition coefficient (Wildman–Crippen LogP) is 4.51. The Bertz CT molecular complexity index is 1310. The maximum Gasteiger partial charge on any atom is 0.263 e. The van der Waals surface area contributed by atoms with Crippen molar-refractivity contribution in [1.29, 1.82) is 5.26 Å². The third kappa shape index (κ3) is 4.19. The number of benzene rings is 2. The van der Waals surface area contributed by atoms with Gasteiger partial charge in [-0.3, -0.25) is 9.36 Å². The molecule has 33 heavy (non-hydrogen) atoms. The molecule has 2 aromatic carbocycles. The summed E-state index contributed by atoms with van der Waals surface area (Å²) in [5.74, 6) is -0.361. The molecular weight excluding hydrogens is 426 g/mol. The zero-order chi connectivity index (χ0) is 23.7. The van der Waals surface area contributed by atoms with Crippen LogP contribution >= 0.6 is 0 Å². The predicted molar refractivity (Wildman–Crippen MR) is 122 cm³/mol. The number of hydrogen-bond donors (Lipinski definition) is 0. The zero-order valence-electron chi connectivity index (χ0n) is 18.7. The molecule has 1 saturated heterocycles. The summed E-state index contributed by atoms with van der Waals surface area (Å²) >= 11 is 0. The second kappa shape index (κ2) is 9.02. The topological polar surface area (TPSA) is 71.2 Å². The maximum absolute atomic E-state index is 14.5. The normalized spacial score (nSPS) is 15.9. The Morgan fingerprint density at radius 3 is 2.52 bits per heavy atom. The van der Waals surface area contributed by atoms with E-state index >= 15 is 0 Å². The zero-order valence-corrected chi connectivity index (χ0v) is 18.7. The quantitative estimate of drug-likeness (QED) is 0.585. The summed E-state index contributed by atoms with van der Waals surface area (Å²) in [5, 5.41) is 9.09. The van der Waals surface area contributed by atoms with Crippen LogP contribution in [0, 0.1) is 28.9 Å². The highest BCUT2D eigenvalue weighted by molar-refractivity contribution is 5.81. The third-order valence-electron chi connectivity index (χ3n) is 6.01. The van der Waals surface area contributed by atoms with E-state index in [-0.39, 0.29) is 28.1 Å². The molecule has 0 N–H and O–H groups in total. The fraction of sp³-hybridized carbons (Fsp3) is 0.320. The molecule has 0 aliphatic carbocycles. The number of halogens is 2. The van der Waals surface area contributed by atoms with Crippen molar-refractivity contribution in [1.82, 2.24) is 9.55 Å². The molecule has 8 heteroatoms. The van der Waals surface area contributed by atoms with Gasteiger partial charge in [0, 0.05) is 25.7 Å². The Balaban J connectivity index is 1.98. The number of methoxy groups -OCH3 is 1. The minimum atomic E-state index is -0.711. The fourth-order valence-corrected chi connectivity index (χ4v) is 4.29. The second-order valence-corrected chi connectivity index (χ2v) is 8.35. The molecule has 0 bridgehead atoms. The Morgan fingerprint density at radius 1 is 1.15 bits per heavy atom. The molecule has 6 nitrogen and oxygen atoms in total. The monoisotopic (exact) mass is 450 g/mol. The van der Waals surface area contributed by atoms with E-state index in [0.717, 1.165) is 25.9 Å². The van der Waals surface area contributed by atoms with Crippen molar-refractivity contribution in [2.75, 3.05) is 25.1 Å². The van der Waals surface area contributed by atoms with Crippen molar-refractivity contribution in [3.63, 3.8) is 0 Å². The highest BCUT2D eigenvalue weighted by Gasteiger charge is 2.25. The number of rotatable bonds is 4. The van der Waals surface area contributed by atoms with Crippen molar-refractivity contribution in [2.45, 2.75) is 19.8 Å². The van der Waals surface area contributed by atoms with Crippen molar-refractivity contribution in [3.05, 3.63) is 63.9 Å². The van der Waals surface area contributed by atoms with E-state index in [1.165, 1.54) is 35.9 Å². The van der Waals surface area contributed by atoms with Crippen LogP contribution in [0.5, 0.6) is 5.75 Å². The molecule has 0 amide bonds. The molecule has 0 radical (unpaired) electrons. The minimum Gasteiger partial charge on any atom is -0.494 e. The second-order valence-electron chi connectivity index (χ2n) is 8.35. The van der Waals surface area contributed by atoms with E-state index in [2.05, 4.69) is 11.8 Å². The first-order valence-corrected chi connectivity index (χ1v) is 10.7. The molecule has 1 aliphatic heterocycles. The van der Waals surface area contributed by atoms with Crippen LogP contribution in [0.15, 0.2) is 41.2 Å². The molecule has 1 atom stereocenters. The SMILES string of the molecule is COc1ccc(-c2c(-c3ccc(C#N)c(F)c3)nc(N3CCC[C@@H](C)C3)n(C)c2=O)cc1F. The van der Waals surface area contributed by atoms with Gasteiger partial charge in [-0.25, -0.2) is 13.8 Å². The number of hydrogen-bond acceptors (Lipinski definition) is 5. The van der Waals surface area contributed by atoms with Gasteiger partial charge in [0.1, 0.15) is 11.9 Å². The Morgan fingerprint density at radius 2 is 1.88 bits per heavy atom. The van der Waals surface area contributed by atoms with E-state index in [0.29, 0.717) is 23.0 Å². The molecule has 0 unspecified atom stereocenters. The van der Waals surface area contributed by atoms with Crippen molar-refractivity contribution >= 4 is 5.95 Å². The Hall–Kier alpha value is -3.73. The number of ether oxygens (including phenoxy) is 1. The van der Waals surface area contributed by atoms with E-state index in [1.807, 2.05) is 0 Å². The summed E-state index contributed by atoms with van der Waals surface area (Å²) in [6.07, 6.45) is 2.07. The average Bonchev–Trinajstić information content (AvgIpc) is 2.80. The number of nitrogens with zero attached hydrogens (tertiary/aromatic N) is 4. The number of anilines is 1. The first kappa shape index (κ1) is 22.5. The van der Waals surface area contributed by atoms with Crippen molar-refractivity contribution in [3.8, 4) is 34.2 Å². The third-order valence-corrected chi connectivity index (χ3v) is 6.01. The number of aromatic nitrogens is 2. The lowest BCUT2D eigenvalue weighted by Crippen LogP contribution is -2.39. The van der Waals surface area contributed by atoms with E-state index in [9.17, 15) is 13.6 Å². The van der Waals surface area contributed by atoms with E-state index < -0.39 is 11.6 Å².